The lowest BCUT2D eigenvalue weighted by Gasteiger charge is -2.00. The third-order valence-corrected chi connectivity index (χ3v) is 8.38. The van der Waals surface area contributed by atoms with Crippen LogP contribution in [0.25, 0.3) is 0 Å². The van der Waals surface area contributed by atoms with Gasteiger partial charge < -0.3 is 21.9 Å². The molecular formula is C52H56O4. The van der Waals surface area contributed by atoms with E-state index in [9.17, 15) is 0 Å². The molecule has 0 saturated carbocycles. The van der Waals surface area contributed by atoms with Gasteiger partial charge in [0.2, 0.25) is 0 Å². The van der Waals surface area contributed by atoms with E-state index in [1.807, 2.05) is 0 Å². The lowest BCUT2D eigenvalue weighted by Crippen LogP contribution is -1.85. The van der Waals surface area contributed by atoms with Gasteiger partial charge in [-0.3, -0.25) is 0 Å². The standard InChI is InChI=1S/4C13H12.4H2O/c4*1-3-7-12(8-4-1)11-13-9-5-2-6-10-13;;;;/h4*1-10H,11H2;4*1H2. The van der Waals surface area contributed by atoms with Crippen LogP contribution in [-0.4, -0.2) is 21.9 Å². The van der Waals surface area contributed by atoms with Crippen LogP contribution >= 0.6 is 0 Å². The summed E-state index contributed by atoms with van der Waals surface area (Å²) in [7, 11) is 0. The van der Waals surface area contributed by atoms with Gasteiger partial charge in [-0.2, -0.15) is 0 Å². The molecule has 0 saturated heterocycles. The predicted octanol–water partition coefficient (Wildman–Crippen LogP) is 9.81. The molecule has 8 N–H and O–H groups in total. The van der Waals surface area contributed by atoms with Gasteiger partial charge in [0.1, 0.15) is 0 Å². The Labute approximate surface area is 333 Å². The highest BCUT2D eigenvalue weighted by atomic mass is 16.0. The molecule has 0 unspecified atom stereocenters. The van der Waals surface area contributed by atoms with Gasteiger partial charge in [-0.25, -0.2) is 0 Å². The molecule has 0 atom stereocenters. The Kier molecular flexibility index (Phi) is 24.7. The molecule has 0 bridgehead atoms. The van der Waals surface area contributed by atoms with Gasteiger partial charge in [-0.05, 0) is 70.2 Å². The molecule has 8 aromatic rings. The van der Waals surface area contributed by atoms with Crippen molar-refractivity contribution in [3.63, 3.8) is 0 Å². The van der Waals surface area contributed by atoms with E-state index in [1.165, 1.54) is 44.5 Å². The first-order valence-electron chi connectivity index (χ1n) is 18.1. The minimum Gasteiger partial charge on any atom is -0.412 e. The molecule has 288 valence electrons. The van der Waals surface area contributed by atoms with Gasteiger partial charge in [0, 0.05) is 0 Å². The fraction of sp³-hybridized carbons (Fsp3) is 0.0769. The third-order valence-electron chi connectivity index (χ3n) is 8.38. The molecular weight excluding hydrogens is 689 g/mol. The van der Waals surface area contributed by atoms with Crippen molar-refractivity contribution < 1.29 is 21.9 Å². The molecule has 0 aromatic heterocycles. The van der Waals surface area contributed by atoms with Crippen molar-refractivity contribution in [2.24, 2.45) is 0 Å². The Balaban J connectivity index is 0.000000365. The molecule has 8 rings (SSSR count). The highest BCUT2D eigenvalue weighted by molar-refractivity contribution is 5.28. The average Bonchev–Trinajstić information content (AvgIpc) is 3.22. The Morgan fingerprint density at radius 3 is 0.321 bits per heavy atom. The van der Waals surface area contributed by atoms with Crippen molar-refractivity contribution in [1.29, 1.82) is 0 Å². The van der Waals surface area contributed by atoms with Crippen LogP contribution < -0.4 is 0 Å². The highest BCUT2D eigenvalue weighted by Gasteiger charge is 1.95. The van der Waals surface area contributed by atoms with Crippen molar-refractivity contribution in [3.8, 4) is 0 Å². The fourth-order valence-corrected chi connectivity index (χ4v) is 5.71. The number of rotatable bonds is 8. The predicted molar refractivity (Wildman–Crippen MR) is 237 cm³/mol. The van der Waals surface area contributed by atoms with Gasteiger partial charge in [-0.15, -0.1) is 0 Å². The molecule has 0 aliphatic rings. The van der Waals surface area contributed by atoms with Crippen LogP contribution in [0.5, 0.6) is 0 Å². The molecule has 0 spiro atoms. The van der Waals surface area contributed by atoms with E-state index in [0.29, 0.717) is 0 Å². The summed E-state index contributed by atoms with van der Waals surface area (Å²) in [4.78, 5) is 0. The third kappa shape index (κ3) is 19.1. The van der Waals surface area contributed by atoms with Crippen LogP contribution in [0.15, 0.2) is 243 Å². The maximum atomic E-state index is 2.16. The molecule has 0 heterocycles. The number of hydrogen-bond donors (Lipinski definition) is 0. The summed E-state index contributed by atoms with van der Waals surface area (Å²) in [5.74, 6) is 0. The molecule has 56 heavy (non-hydrogen) atoms. The van der Waals surface area contributed by atoms with E-state index in [0.717, 1.165) is 25.7 Å². The quantitative estimate of drug-likeness (QED) is 0.147. The van der Waals surface area contributed by atoms with Gasteiger partial charge in [-0.1, -0.05) is 243 Å². The van der Waals surface area contributed by atoms with Crippen LogP contribution in [-0.2, 0) is 25.7 Å². The first kappa shape index (κ1) is 47.6. The van der Waals surface area contributed by atoms with Gasteiger partial charge in [0.05, 0.1) is 0 Å². The normalized spacial score (nSPS) is 9.14. The molecule has 0 amide bonds. The summed E-state index contributed by atoms with van der Waals surface area (Å²) in [6, 6.07) is 84.3. The van der Waals surface area contributed by atoms with Crippen LogP contribution in [0.1, 0.15) is 44.5 Å². The van der Waals surface area contributed by atoms with Crippen LogP contribution in [0.3, 0.4) is 0 Å². The van der Waals surface area contributed by atoms with Crippen molar-refractivity contribution >= 4 is 0 Å². The molecule has 4 heteroatoms. The van der Waals surface area contributed by atoms with Crippen molar-refractivity contribution in [3.05, 3.63) is 287 Å². The summed E-state index contributed by atoms with van der Waals surface area (Å²) in [6.07, 6.45) is 4.12. The number of hydrogen-bond acceptors (Lipinski definition) is 0. The smallest absolute Gasteiger partial charge is 0.00258 e. The van der Waals surface area contributed by atoms with Crippen molar-refractivity contribution in [2.45, 2.75) is 25.7 Å². The van der Waals surface area contributed by atoms with Gasteiger partial charge in [0.15, 0.2) is 0 Å². The van der Waals surface area contributed by atoms with E-state index in [2.05, 4.69) is 243 Å². The summed E-state index contributed by atoms with van der Waals surface area (Å²) in [5.41, 5.74) is 11.0. The van der Waals surface area contributed by atoms with Crippen molar-refractivity contribution in [2.75, 3.05) is 0 Å². The second kappa shape index (κ2) is 29.0. The summed E-state index contributed by atoms with van der Waals surface area (Å²) in [5, 5.41) is 0. The van der Waals surface area contributed by atoms with Gasteiger partial charge in [0.25, 0.3) is 0 Å². The second-order valence-corrected chi connectivity index (χ2v) is 12.6. The minimum atomic E-state index is 0. The Morgan fingerprint density at radius 1 is 0.143 bits per heavy atom. The first-order chi connectivity index (χ1) is 25.8. The van der Waals surface area contributed by atoms with E-state index < -0.39 is 0 Å². The van der Waals surface area contributed by atoms with Crippen LogP contribution in [0.2, 0.25) is 0 Å². The minimum absolute atomic E-state index is 0. The molecule has 0 radical (unpaired) electrons. The zero-order valence-corrected chi connectivity index (χ0v) is 31.9. The maximum absolute atomic E-state index is 2.16. The summed E-state index contributed by atoms with van der Waals surface area (Å²) in [6.45, 7) is 0. The van der Waals surface area contributed by atoms with E-state index >= 15 is 0 Å². The zero-order chi connectivity index (χ0) is 35.7. The van der Waals surface area contributed by atoms with Crippen LogP contribution in [0, 0.1) is 0 Å². The maximum Gasteiger partial charge on any atom is -0.00258 e. The molecule has 8 aromatic carbocycles. The average molecular weight is 745 g/mol. The van der Waals surface area contributed by atoms with Gasteiger partial charge >= 0.3 is 0 Å². The van der Waals surface area contributed by atoms with Crippen molar-refractivity contribution in [1.82, 2.24) is 0 Å². The Bertz CT molecular complexity index is 1570. The summed E-state index contributed by atoms with van der Waals surface area (Å²) < 4.78 is 0. The molecule has 0 aliphatic carbocycles. The lowest BCUT2D eigenvalue weighted by atomic mass is 10.1. The Morgan fingerprint density at radius 2 is 0.232 bits per heavy atom. The SMILES string of the molecule is O.O.O.O.c1ccc(Cc2ccccc2)cc1.c1ccc(Cc2ccccc2)cc1.c1ccc(Cc2ccccc2)cc1.c1ccc(Cc2ccccc2)cc1. The second-order valence-electron chi connectivity index (χ2n) is 12.6. The topological polar surface area (TPSA) is 126 Å². The largest absolute Gasteiger partial charge is 0.412 e. The monoisotopic (exact) mass is 744 g/mol. The van der Waals surface area contributed by atoms with E-state index in [1.54, 1.807) is 0 Å². The van der Waals surface area contributed by atoms with E-state index in [-0.39, 0.29) is 21.9 Å². The first-order valence-corrected chi connectivity index (χ1v) is 18.1. The number of benzene rings is 8. The molecule has 4 nitrogen and oxygen atoms in total. The zero-order valence-electron chi connectivity index (χ0n) is 31.9. The highest BCUT2D eigenvalue weighted by Crippen LogP contribution is 2.11. The fourth-order valence-electron chi connectivity index (χ4n) is 5.71. The summed E-state index contributed by atoms with van der Waals surface area (Å²) >= 11 is 0. The molecule has 0 fully saturated rings. The Hall–Kier alpha value is -6.40. The van der Waals surface area contributed by atoms with E-state index in [4.69, 9.17) is 0 Å². The lowest BCUT2D eigenvalue weighted by molar-refractivity contribution is 0.823. The van der Waals surface area contributed by atoms with Crippen LogP contribution in [0.4, 0.5) is 0 Å². The molecule has 0 aliphatic heterocycles.